The number of rotatable bonds is 2. The largest absolute Gasteiger partial charge is 0.507 e. The minimum Gasteiger partial charge on any atom is -0.507 e. The Labute approximate surface area is 110 Å². The highest BCUT2D eigenvalue weighted by Gasteiger charge is 2.06. The second-order valence-electron chi connectivity index (χ2n) is 4.42. The summed E-state index contributed by atoms with van der Waals surface area (Å²) >= 11 is 0. The van der Waals surface area contributed by atoms with Crippen molar-refractivity contribution in [1.82, 2.24) is 0 Å². The summed E-state index contributed by atoms with van der Waals surface area (Å²) in [6.45, 7) is 0. The molecule has 0 radical (unpaired) electrons. The first kappa shape index (κ1) is 11.5. The van der Waals surface area contributed by atoms with Gasteiger partial charge < -0.3 is 5.11 Å². The molecule has 0 heterocycles. The van der Waals surface area contributed by atoms with Crippen molar-refractivity contribution < 1.29 is 9.90 Å². The molecule has 1 N–H and O–H groups in total. The Morgan fingerprint density at radius 2 is 1.68 bits per heavy atom. The average molecular weight is 248 g/mol. The zero-order valence-electron chi connectivity index (χ0n) is 10.2. The lowest BCUT2D eigenvalue weighted by atomic mass is 9.97. The van der Waals surface area contributed by atoms with Gasteiger partial charge in [-0.15, -0.1) is 0 Å². The SMILES string of the molecule is O=Cc1cc(-c2cccc3ccccc23)ccc1O. The van der Waals surface area contributed by atoms with Crippen LogP contribution in [0.4, 0.5) is 0 Å². The number of phenolic OH excluding ortho intramolecular Hbond substituents is 1. The predicted molar refractivity (Wildman–Crippen MR) is 76.4 cm³/mol. The van der Waals surface area contributed by atoms with E-state index in [-0.39, 0.29) is 5.75 Å². The monoisotopic (exact) mass is 248 g/mol. The highest BCUT2D eigenvalue weighted by molar-refractivity contribution is 5.97. The molecule has 0 aromatic heterocycles. The fourth-order valence-electron chi connectivity index (χ4n) is 2.29. The third kappa shape index (κ3) is 1.97. The Morgan fingerprint density at radius 3 is 2.53 bits per heavy atom. The first-order chi connectivity index (χ1) is 9.29. The minimum atomic E-state index is 0.0130. The van der Waals surface area contributed by atoms with E-state index in [1.165, 1.54) is 0 Å². The second-order valence-corrected chi connectivity index (χ2v) is 4.42. The van der Waals surface area contributed by atoms with Crippen LogP contribution in [0.5, 0.6) is 5.75 Å². The van der Waals surface area contributed by atoms with Gasteiger partial charge in [-0.3, -0.25) is 4.79 Å². The maximum Gasteiger partial charge on any atom is 0.153 e. The van der Waals surface area contributed by atoms with Crippen molar-refractivity contribution in [2.24, 2.45) is 0 Å². The summed E-state index contributed by atoms with van der Waals surface area (Å²) in [5, 5.41) is 11.8. The Hall–Kier alpha value is -2.61. The highest BCUT2D eigenvalue weighted by Crippen LogP contribution is 2.30. The van der Waals surface area contributed by atoms with Crippen molar-refractivity contribution in [3.05, 3.63) is 66.2 Å². The third-order valence-corrected chi connectivity index (χ3v) is 3.26. The van der Waals surface area contributed by atoms with E-state index >= 15 is 0 Å². The van der Waals surface area contributed by atoms with Crippen LogP contribution in [0.25, 0.3) is 21.9 Å². The molecule has 0 amide bonds. The number of fused-ring (bicyclic) bond motifs is 1. The van der Waals surface area contributed by atoms with Crippen LogP contribution in [-0.4, -0.2) is 11.4 Å². The summed E-state index contributed by atoms with van der Waals surface area (Å²) in [5.41, 5.74) is 2.29. The van der Waals surface area contributed by atoms with E-state index in [0.29, 0.717) is 11.8 Å². The zero-order valence-corrected chi connectivity index (χ0v) is 10.2. The van der Waals surface area contributed by atoms with Crippen LogP contribution in [0.3, 0.4) is 0 Å². The van der Waals surface area contributed by atoms with Crippen LogP contribution < -0.4 is 0 Å². The van der Waals surface area contributed by atoms with Crippen molar-refractivity contribution in [2.45, 2.75) is 0 Å². The van der Waals surface area contributed by atoms with Gasteiger partial charge in [0.05, 0.1) is 5.56 Å². The molecule has 0 spiro atoms. The van der Waals surface area contributed by atoms with Gasteiger partial charge in [-0.05, 0) is 34.0 Å². The van der Waals surface area contributed by atoms with Crippen molar-refractivity contribution in [1.29, 1.82) is 0 Å². The number of benzene rings is 3. The number of aromatic hydroxyl groups is 1. The van der Waals surface area contributed by atoms with E-state index in [4.69, 9.17) is 0 Å². The van der Waals surface area contributed by atoms with Gasteiger partial charge in [0.1, 0.15) is 5.75 Å². The van der Waals surface area contributed by atoms with Crippen LogP contribution >= 0.6 is 0 Å². The van der Waals surface area contributed by atoms with E-state index in [0.717, 1.165) is 21.9 Å². The smallest absolute Gasteiger partial charge is 0.153 e. The Balaban J connectivity index is 2.27. The number of carbonyl (C=O) groups excluding carboxylic acids is 1. The van der Waals surface area contributed by atoms with Crippen LogP contribution in [-0.2, 0) is 0 Å². The fourth-order valence-corrected chi connectivity index (χ4v) is 2.29. The number of hydrogen-bond acceptors (Lipinski definition) is 2. The molecule has 0 aliphatic rings. The molecule has 0 saturated carbocycles. The topological polar surface area (TPSA) is 37.3 Å². The highest BCUT2D eigenvalue weighted by atomic mass is 16.3. The van der Waals surface area contributed by atoms with Gasteiger partial charge in [-0.2, -0.15) is 0 Å². The maximum absolute atomic E-state index is 10.9. The molecule has 0 unspecified atom stereocenters. The van der Waals surface area contributed by atoms with Crippen molar-refractivity contribution >= 4 is 17.1 Å². The molecule has 3 aromatic rings. The number of phenols is 1. The van der Waals surface area contributed by atoms with Gasteiger partial charge in [0.15, 0.2) is 6.29 Å². The van der Waals surface area contributed by atoms with E-state index < -0.39 is 0 Å². The van der Waals surface area contributed by atoms with Crippen LogP contribution in [0.15, 0.2) is 60.7 Å². The average Bonchev–Trinajstić information content (AvgIpc) is 2.47. The summed E-state index contributed by atoms with van der Waals surface area (Å²) in [7, 11) is 0. The summed E-state index contributed by atoms with van der Waals surface area (Å²) in [4.78, 5) is 10.9. The molecule has 3 rings (SSSR count). The summed E-state index contributed by atoms with van der Waals surface area (Å²) in [6.07, 6.45) is 0.671. The molecule has 19 heavy (non-hydrogen) atoms. The fraction of sp³-hybridized carbons (Fsp3) is 0. The minimum absolute atomic E-state index is 0.0130. The maximum atomic E-state index is 10.9. The molecule has 0 bridgehead atoms. The molecule has 92 valence electrons. The van der Waals surface area contributed by atoms with Gasteiger partial charge in [0, 0.05) is 0 Å². The lowest BCUT2D eigenvalue weighted by Crippen LogP contribution is -1.85. The Bertz CT molecular complexity index is 755. The van der Waals surface area contributed by atoms with Crippen molar-refractivity contribution in [3.8, 4) is 16.9 Å². The molecule has 0 aliphatic carbocycles. The normalized spacial score (nSPS) is 10.5. The van der Waals surface area contributed by atoms with E-state index in [1.54, 1.807) is 12.1 Å². The summed E-state index contributed by atoms with van der Waals surface area (Å²) in [5.74, 6) is 0.0130. The molecular weight excluding hydrogens is 236 g/mol. The van der Waals surface area contributed by atoms with Gasteiger partial charge in [0.25, 0.3) is 0 Å². The summed E-state index contributed by atoms with van der Waals surface area (Å²) < 4.78 is 0. The number of aldehydes is 1. The molecule has 0 fully saturated rings. The summed E-state index contributed by atoms with van der Waals surface area (Å²) in [6, 6.07) is 19.3. The third-order valence-electron chi connectivity index (χ3n) is 3.26. The Morgan fingerprint density at radius 1 is 0.895 bits per heavy atom. The van der Waals surface area contributed by atoms with E-state index in [2.05, 4.69) is 18.2 Å². The van der Waals surface area contributed by atoms with Gasteiger partial charge >= 0.3 is 0 Å². The van der Waals surface area contributed by atoms with E-state index in [9.17, 15) is 9.90 Å². The molecular formula is C17H12O2. The lowest BCUT2D eigenvalue weighted by Gasteiger charge is -2.08. The molecule has 0 saturated heterocycles. The van der Waals surface area contributed by atoms with Gasteiger partial charge in [-0.1, -0.05) is 48.5 Å². The number of carbonyl (C=O) groups is 1. The first-order valence-corrected chi connectivity index (χ1v) is 6.06. The van der Waals surface area contributed by atoms with Crippen molar-refractivity contribution in [2.75, 3.05) is 0 Å². The molecule has 2 nitrogen and oxygen atoms in total. The molecule has 0 atom stereocenters. The lowest BCUT2D eigenvalue weighted by molar-refractivity contribution is 0.112. The van der Waals surface area contributed by atoms with Gasteiger partial charge in [0.2, 0.25) is 0 Å². The second kappa shape index (κ2) is 4.58. The zero-order chi connectivity index (χ0) is 13.2. The van der Waals surface area contributed by atoms with Crippen LogP contribution in [0, 0.1) is 0 Å². The van der Waals surface area contributed by atoms with Crippen LogP contribution in [0.1, 0.15) is 10.4 Å². The Kier molecular flexibility index (Phi) is 2.76. The predicted octanol–water partition coefficient (Wildman–Crippen LogP) is 4.02. The van der Waals surface area contributed by atoms with E-state index in [1.807, 2.05) is 30.3 Å². The van der Waals surface area contributed by atoms with Crippen molar-refractivity contribution in [3.63, 3.8) is 0 Å². The standard InChI is InChI=1S/C17H12O2/c18-11-14-10-13(8-9-17(14)19)16-7-3-5-12-4-1-2-6-15(12)16/h1-11,19H. The quantitative estimate of drug-likeness (QED) is 0.695. The molecule has 0 aliphatic heterocycles. The van der Waals surface area contributed by atoms with Crippen LogP contribution in [0.2, 0.25) is 0 Å². The number of hydrogen-bond donors (Lipinski definition) is 1. The molecule has 3 aromatic carbocycles. The van der Waals surface area contributed by atoms with Gasteiger partial charge in [-0.25, -0.2) is 0 Å². The first-order valence-electron chi connectivity index (χ1n) is 6.06. The molecule has 2 heteroatoms.